The second kappa shape index (κ2) is 10.5. The molecule has 4 rings (SSSR count). The maximum atomic E-state index is 14.1. The lowest BCUT2D eigenvalue weighted by molar-refractivity contribution is -0.114. The zero-order chi connectivity index (χ0) is 25.8. The van der Waals surface area contributed by atoms with E-state index in [0.717, 1.165) is 11.1 Å². The third kappa shape index (κ3) is 5.01. The number of carbonyl (C=O) groups is 1. The molecule has 0 aliphatic carbocycles. The number of carbonyl (C=O) groups excluding carboxylic acids is 1. The molecule has 1 saturated heterocycles. The Morgan fingerprint density at radius 1 is 1.22 bits per heavy atom. The van der Waals surface area contributed by atoms with Crippen LogP contribution in [0.25, 0.3) is 16.5 Å². The second-order valence-corrected chi connectivity index (χ2v) is 8.32. The molecule has 9 nitrogen and oxygen atoms in total. The van der Waals surface area contributed by atoms with E-state index in [9.17, 15) is 14.4 Å². The summed E-state index contributed by atoms with van der Waals surface area (Å²) in [5, 5.41) is 16.6. The molecule has 0 bridgehead atoms. The highest BCUT2D eigenvalue weighted by Crippen LogP contribution is 2.35. The Morgan fingerprint density at radius 3 is 2.61 bits per heavy atom. The van der Waals surface area contributed by atoms with Gasteiger partial charge in [0.15, 0.2) is 11.6 Å². The van der Waals surface area contributed by atoms with Gasteiger partial charge in [0.1, 0.15) is 17.4 Å². The quantitative estimate of drug-likeness (QED) is 0.489. The van der Waals surface area contributed by atoms with Crippen molar-refractivity contribution in [2.24, 2.45) is 0 Å². The lowest BCUT2D eigenvalue weighted by Crippen LogP contribution is -2.37. The molecule has 2 N–H and O–H groups in total. The number of nitriles is 1. The van der Waals surface area contributed by atoms with Crippen LogP contribution in [-0.2, 0) is 9.53 Å². The number of benzene rings is 1. The molecule has 1 aliphatic rings. The van der Waals surface area contributed by atoms with E-state index in [1.807, 2.05) is 24.8 Å². The summed E-state index contributed by atoms with van der Waals surface area (Å²) < 4.78 is 19.5. The van der Waals surface area contributed by atoms with Gasteiger partial charge in [-0.1, -0.05) is 18.7 Å². The summed E-state index contributed by atoms with van der Waals surface area (Å²) in [6.07, 6.45) is 3.48. The first-order valence-electron chi connectivity index (χ1n) is 11.4. The van der Waals surface area contributed by atoms with Gasteiger partial charge in [-0.2, -0.15) is 15.2 Å². The third-order valence-electron chi connectivity index (χ3n) is 5.77. The van der Waals surface area contributed by atoms with Gasteiger partial charge in [-0.3, -0.25) is 4.79 Å². The summed E-state index contributed by atoms with van der Waals surface area (Å²) in [6.45, 7) is 11.0. The average Bonchev–Trinajstić information content (AvgIpc) is 2.85. The largest absolute Gasteiger partial charge is 0.378 e. The molecule has 0 radical (unpaired) electrons. The highest BCUT2D eigenvalue weighted by atomic mass is 19.1. The van der Waals surface area contributed by atoms with Crippen molar-refractivity contribution >= 4 is 45.7 Å². The summed E-state index contributed by atoms with van der Waals surface area (Å²) in [5.74, 6) is -0.0995. The van der Waals surface area contributed by atoms with Crippen LogP contribution in [0.5, 0.6) is 0 Å². The SMILES string of the molecule is C=C/C=C(\C)c1nc2cc(F)ccc2c(Nc2nc(N3CCOCC3)nc(NC(C)=O)c2C#N)c1C. The van der Waals surface area contributed by atoms with Gasteiger partial charge in [0, 0.05) is 31.5 Å². The van der Waals surface area contributed by atoms with Crippen molar-refractivity contribution < 1.29 is 13.9 Å². The molecular formula is C26H26FN7O2. The maximum absolute atomic E-state index is 14.1. The van der Waals surface area contributed by atoms with Crippen LogP contribution in [0.4, 0.5) is 27.7 Å². The number of fused-ring (bicyclic) bond motifs is 1. The van der Waals surface area contributed by atoms with E-state index in [1.54, 1.807) is 12.1 Å². The number of hydrogen-bond acceptors (Lipinski definition) is 8. The van der Waals surface area contributed by atoms with Gasteiger partial charge in [0.2, 0.25) is 11.9 Å². The minimum absolute atomic E-state index is 0.0774. The van der Waals surface area contributed by atoms with Gasteiger partial charge < -0.3 is 20.3 Å². The van der Waals surface area contributed by atoms with E-state index in [-0.39, 0.29) is 23.1 Å². The van der Waals surface area contributed by atoms with E-state index >= 15 is 0 Å². The predicted octanol–water partition coefficient (Wildman–Crippen LogP) is 4.47. The van der Waals surface area contributed by atoms with Gasteiger partial charge in [0.05, 0.1) is 30.1 Å². The van der Waals surface area contributed by atoms with Crippen LogP contribution in [0.3, 0.4) is 0 Å². The van der Waals surface area contributed by atoms with Crippen LogP contribution in [0.15, 0.2) is 36.9 Å². The molecule has 36 heavy (non-hydrogen) atoms. The van der Waals surface area contributed by atoms with E-state index in [1.165, 1.54) is 19.1 Å². The van der Waals surface area contributed by atoms with Crippen molar-refractivity contribution in [2.45, 2.75) is 20.8 Å². The molecule has 0 atom stereocenters. The predicted molar refractivity (Wildman–Crippen MR) is 138 cm³/mol. The molecule has 1 amide bonds. The summed E-state index contributed by atoms with van der Waals surface area (Å²) in [7, 11) is 0. The number of aromatic nitrogens is 3. The van der Waals surface area contributed by atoms with Gasteiger partial charge in [-0.05, 0) is 37.1 Å². The highest BCUT2D eigenvalue weighted by molar-refractivity contribution is 5.98. The van der Waals surface area contributed by atoms with Gasteiger partial charge in [-0.25, -0.2) is 9.37 Å². The minimum Gasteiger partial charge on any atom is -0.378 e. The molecule has 3 aromatic rings. The topological polar surface area (TPSA) is 116 Å². The summed E-state index contributed by atoms with van der Waals surface area (Å²) >= 11 is 0. The van der Waals surface area contributed by atoms with Crippen molar-refractivity contribution in [3.8, 4) is 6.07 Å². The van der Waals surface area contributed by atoms with Crippen LogP contribution in [-0.4, -0.2) is 47.2 Å². The van der Waals surface area contributed by atoms with Crippen molar-refractivity contribution in [1.29, 1.82) is 5.26 Å². The minimum atomic E-state index is -0.414. The number of ether oxygens (including phenoxy) is 1. The average molecular weight is 488 g/mol. The summed E-state index contributed by atoms with van der Waals surface area (Å²) in [6, 6.07) is 6.46. The smallest absolute Gasteiger partial charge is 0.229 e. The molecular weight excluding hydrogens is 461 g/mol. The lowest BCUT2D eigenvalue weighted by Gasteiger charge is -2.28. The number of nitrogens with one attached hydrogen (secondary N) is 2. The van der Waals surface area contributed by atoms with Crippen LogP contribution in [0.1, 0.15) is 30.7 Å². The molecule has 2 aromatic heterocycles. The molecule has 1 fully saturated rings. The van der Waals surface area contributed by atoms with Crippen molar-refractivity contribution in [1.82, 2.24) is 15.0 Å². The number of nitrogens with zero attached hydrogens (tertiary/aromatic N) is 5. The Bertz CT molecular complexity index is 1420. The van der Waals surface area contributed by atoms with Crippen molar-refractivity contribution in [3.63, 3.8) is 0 Å². The molecule has 1 aliphatic heterocycles. The first-order valence-corrected chi connectivity index (χ1v) is 11.4. The normalized spacial score (nSPS) is 13.9. The third-order valence-corrected chi connectivity index (χ3v) is 5.77. The fraction of sp³-hybridized carbons (Fsp3) is 0.269. The number of rotatable bonds is 6. The van der Waals surface area contributed by atoms with Crippen molar-refractivity contribution in [3.05, 3.63) is 59.6 Å². The molecule has 10 heteroatoms. The fourth-order valence-corrected chi connectivity index (χ4v) is 4.06. The standard InChI is InChI=1S/C26H26FN7O2/c1-5-6-15(2)22-16(3)23(19-8-7-18(27)13-21(19)30-22)31-25-20(14-28)24(29-17(4)35)32-26(33-25)34-9-11-36-12-10-34/h5-8,13H,1,9-12H2,2-4H3,(H2,29,30,31,32,33,35)/b15-6+. The summed E-state index contributed by atoms with van der Waals surface area (Å²) in [5.41, 5.74) is 3.41. The lowest BCUT2D eigenvalue weighted by atomic mass is 10.0. The van der Waals surface area contributed by atoms with Crippen LogP contribution < -0.4 is 15.5 Å². The first-order chi connectivity index (χ1) is 17.3. The summed E-state index contributed by atoms with van der Waals surface area (Å²) in [4.78, 5) is 27.6. The Balaban J connectivity index is 1.94. The molecule has 0 spiro atoms. The number of halogens is 1. The Labute approximate surface area is 208 Å². The maximum Gasteiger partial charge on any atom is 0.229 e. The number of pyridine rings is 1. The Kier molecular flexibility index (Phi) is 7.22. The molecule has 0 unspecified atom stereocenters. The number of hydrogen-bond donors (Lipinski definition) is 2. The van der Waals surface area contributed by atoms with Crippen LogP contribution >= 0.6 is 0 Å². The zero-order valence-corrected chi connectivity index (χ0v) is 20.4. The van der Waals surface area contributed by atoms with Crippen molar-refractivity contribution in [2.75, 3.05) is 41.8 Å². The number of allylic oxidation sites excluding steroid dienone is 3. The van der Waals surface area contributed by atoms with E-state index in [2.05, 4.69) is 38.2 Å². The number of amides is 1. The first kappa shape index (κ1) is 24.8. The molecule has 1 aromatic carbocycles. The Hall–Kier alpha value is -4.36. The fourth-order valence-electron chi connectivity index (χ4n) is 4.06. The molecule has 0 saturated carbocycles. The van der Waals surface area contributed by atoms with Crippen LogP contribution in [0.2, 0.25) is 0 Å². The number of anilines is 4. The zero-order valence-electron chi connectivity index (χ0n) is 20.4. The van der Waals surface area contributed by atoms with E-state index in [0.29, 0.717) is 54.5 Å². The molecule has 3 heterocycles. The van der Waals surface area contributed by atoms with E-state index in [4.69, 9.17) is 4.74 Å². The van der Waals surface area contributed by atoms with Gasteiger partial charge >= 0.3 is 0 Å². The van der Waals surface area contributed by atoms with Crippen LogP contribution in [0, 0.1) is 24.1 Å². The second-order valence-electron chi connectivity index (χ2n) is 8.32. The Morgan fingerprint density at radius 2 is 1.94 bits per heavy atom. The van der Waals surface area contributed by atoms with E-state index < -0.39 is 5.82 Å². The van der Waals surface area contributed by atoms with Gasteiger partial charge in [0.25, 0.3) is 0 Å². The van der Waals surface area contributed by atoms with Gasteiger partial charge in [-0.15, -0.1) is 0 Å². The highest BCUT2D eigenvalue weighted by Gasteiger charge is 2.22. The molecule has 184 valence electrons. The monoisotopic (exact) mass is 487 g/mol. The number of morpholine rings is 1.